The van der Waals surface area contributed by atoms with Crippen LogP contribution in [-0.4, -0.2) is 11.0 Å². The van der Waals surface area contributed by atoms with E-state index in [1.807, 2.05) is 23.1 Å². The second kappa shape index (κ2) is 4.52. The van der Waals surface area contributed by atoms with Crippen molar-refractivity contribution in [1.82, 2.24) is 0 Å². The molecule has 0 bridgehead atoms. The molecule has 102 valence electrons. The Morgan fingerprint density at radius 1 is 1.20 bits per heavy atom. The van der Waals surface area contributed by atoms with Gasteiger partial charge in [0.1, 0.15) is 11.4 Å². The van der Waals surface area contributed by atoms with Crippen LogP contribution in [0, 0.1) is 10.1 Å². The summed E-state index contributed by atoms with van der Waals surface area (Å²) in [6, 6.07) is 13.2. The van der Waals surface area contributed by atoms with E-state index in [1.54, 1.807) is 18.2 Å². The number of nitrogens with two attached hydrogens (primary N) is 1. The van der Waals surface area contributed by atoms with E-state index in [4.69, 9.17) is 5.73 Å². The van der Waals surface area contributed by atoms with Gasteiger partial charge in [-0.25, -0.2) is 0 Å². The highest BCUT2D eigenvalue weighted by Crippen LogP contribution is 2.43. The zero-order chi connectivity index (χ0) is 14.3. The first-order chi connectivity index (χ1) is 9.59. The van der Waals surface area contributed by atoms with Gasteiger partial charge >= 0.3 is 5.69 Å². The van der Waals surface area contributed by atoms with E-state index in [-0.39, 0.29) is 17.4 Å². The van der Waals surface area contributed by atoms with E-state index in [2.05, 4.69) is 13.0 Å². The third-order valence-electron chi connectivity index (χ3n) is 3.70. The number of nitro benzene ring substituents is 1. The summed E-state index contributed by atoms with van der Waals surface area (Å²) in [5.74, 6) is 0. The lowest BCUT2D eigenvalue weighted by Crippen LogP contribution is -2.24. The lowest BCUT2D eigenvalue weighted by molar-refractivity contribution is -0.383. The van der Waals surface area contributed by atoms with Crippen LogP contribution in [0.1, 0.15) is 12.5 Å². The Labute approximate surface area is 116 Å². The van der Waals surface area contributed by atoms with Crippen LogP contribution < -0.4 is 10.6 Å². The number of anilines is 3. The van der Waals surface area contributed by atoms with Crippen LogP contribution in [0.2, 0.25) is 0 Å². The Hall–Kier alpha value is -2.56. The summed E-state index contributed by atoms with van der Waals surface area (Å²) in [6.07, 6.45) is 0.877. The Bertz CT molecular complexity index is 685. The Morgan fingerprint density at radius 2 is 1.90 bits per heavy atom. The molecule has 2 N–H and O–H groups in total. The van der Waals surface area contributed by atoms with Crippen LogP contribution in [0.25, 0.3) is 0 Å². The van der Waals surface area contributed by atoms with Crippen molar-refractivity contribution in [3.8, 4) is 0 Å². The summed E-state index contributed by atoms with van der Waals surface area (Å²) >= 11 is 0. The van der Waals surface area contributed by atoms with E-state index in [0.717, 1.165) is 12.1 Å². The van der Waals surface area contributed by atoms with Gasteiger partial charge in [0, 0.05) is 11.7 Å². The molecule has 0 aromatic heterocycles. The average Bonchev–Trinajstić information content (AvgIpc) is 2.73. The van der Waals surface area contributed by atoms with Crippen molar-refractivity contribution in [1.29, 1.82) is 0 Å². The van der Waals surface area contributed by atoms with Crippen LogP contribution in [0.3, 0.4) is 0 Å². The largest absolute Gasteiger partial charge is 0.393 e. The molecule has 1 atom stereocenters. The summed E-state index contributed by atoms with van der Waals surface area (Å²) < 4.78 is 0. The van der Waals surface area contributed by atoms with Crippen molar-refractivity contribution >= 4 is 22.7 Å². The summed E-state index contributed by atoms with van der Waals surface area (Å²) in [5, 5.41) is 11.3. The minimum absolute atomic E-state index is 0.0175. The van der Waals surface area contributed by atoms with Gasteiger partial charge in [-0.3, -0.25) is 10.1 Å². The molecule has 0 amide bonds. The summed E-state index contributed by atoms with van der Waals surface area (Å²) in [6.45, 7) is 2.06. The molecular weight excluding hydrogens is 254 g/mol. The predicted octanol–water partition coefficient (Wildman–Crippen LogP) is 3.26. The van der Waals surface area contributed by atoms with Crippen LogP contribution in [-0.2, 0) is 6.42 Å². The number of nitrogen functional groups attached to an aromatic ring is 1. The molecule has 5 nitrogen and oxygen atoms in total. The highest BCUT2D eigenvalue weighted by atomic mass is 16.6. The lowest BCUT2D eigenvalue weighted by Gasteiger charge is -2.25. The van der Waals surface area contributed by atoms with E-state index in [1.165, 1.54) is 5.56 Å². The maximum atomic E-state index is 11.3. The Kier molecular flexibility index (Phi) is 2.82. The van der Waals surface area contributed by atoms with Crippen molar-refractivity contribution in [2.75, 3.05) is 10.6 Å². The average molecular weight is 269 g/mol. The SMILES string of the molecule is CC1Cc2ccccc2N1c1cccc(N)c1[N+](=O)[O-]. The van der Waals surface area contributed by atoms with Crippen LogP contribution in [0.5, 0.6) is 0 Å². The molecule has 1 aliphatic rings. The smallest absolute Gasteiger partial charge is 0.315 e. The molecule has 0 saturated heterocycles. The number of fused-ring (bicyclic) bond motifs is 1. The van der Waals surface area contributed by atoms with E-state index < -0.39 is 4.92 Å². The van der Waals surface area contributed by atoms with Crippen molar-refractivity contribution < 1.29 is 4.92 Å². The van der Waals surface area contributed by atoms with Crippen molar-refractivity contribution in [3.05, 3.63) is 58.1 Å². The molecule has 2 aromatic rings. The minimum Gasteiger partial charge on any atom is -0.393 e. The minimum atomic E-state index is -0.404. The zero-order valence-corrected chi connectivity index (χ0v) is 11.1. The topological polar surface area (TPSA) is 72.4 Å². The normalized spacial score (nSPS) is 17.1. The van der Waals surface area contributed by atoms with Gasteiger partial charge in [-0.2, -0.15) is 0 Å². The highest BCUT2D eigenvalue weighted by molar-refractivity contribution is 5.82. The molecule has 2 aromatic carbocycles. The number of nitro groups is 1. The molecule has 3 rings (SSSR count). The summed E-state index contributed by atoms with van der Waals surface area (Å²) in [5.41, 5.74) is 8.76. The van der Waals surface area contributed by atoms with Gasteiger partial charge in [0.05, 0.1) is 4.92 Å². The number of hydrogen-bond acceptors (Lipinski definition) is 4. The molecular formula is C15H15N3O2. The molecule has 0 aliphatic carbocycles. The first-order valence-electron chi connectivity index (χ1n) is 6.49. The molecule has 0 saturated carbocycles. The van der Waals surface area contributed by atoms with E-state index in [0.29, 0.717) is 5.69 Å². The van der Waals surface area contributed by atoms with E-state index in [9.17, 15) is 10.1 Å². The quantitative estimate of drug-likeness (QED) is 0.516. The van der Waals surface area contributed by atoms with Gasteiger partial charge in [-0.1, -0.05) is 24.3 Å². The van der Waals surface area contributed by atoms with Crippen molar-refractivity contribution in [2.24, 2.45) is 0 Å². The fourth-order valence-corrected chi connectivity index (χ4v) is 2.87. The molecule has 0 spiro atoms. The van der Waals surface area contributed by atoms with Crippen molar-refractivity contribution in [3.63, 3.8) is 0 Å². The maximum absolute atomic E-state index is 11.3. The molecule has 20 heavy (non-hydrogen) atoms. The molecule has 1 heterocycles. The predicted molar refractivity (Wildman–Crippen MR) is 79.3 cm³/mol. The third-order valence-corrected chi connectivity index (χ3v) is 3.70. The molecule has 0 fully saturated rings. The number of benzene rings is 2. The highest BCUT2D eigenvalue weighted by Gasteiger charge is 2.32. The number of rotatable bonds is 2. The molecule has 5 heteroatoms. The van der Waals surface area contributed by atoms with Crippen molar-refractivity contribution in [2.45, 2.75) is 19.4 Å². The number of hydrogen-bond donors (Lipinski definition) is 1. The lowest BCUT2D eigenvalue weighted by atomic mass is 10.1. The second-order valence-electron chi connectivity index (χ2n) is 5.02. The number of nitrogens with zero attached hydrogens (tertiary/aromatic N) is 2. The van der Waals surface area contributed by atoms with Crippen LogP contribution in [0.4, 0.5) is 22.7 Å². The van der Waals surface area contributed by atoms with Gasteiger partial charge in [0.15, 0.2) is 0 Å². The zero-order valence-electron chi connectivity index (χ0n) is 11.1. The number of para-hydroxylation sites is 2. The first kappa shape index (κ1) is 12.5. The Morgan fingerprint density at radius 3 is 2.65 bits per heavy atom. The van der Waals surface area contributed by atoms with Gasteiger partial charge < -0.3 is 10.6 Å². The Balaban J connectivity index is 2.20. The van der Waals surface area contributed by atoms with Gasteiger partial charge in [0.2, 0.25) is 0 Å². The van der Waals surface area contributed by atoms with Gasteiger partial charge in [-0.15, -0.1) is 0 Å². The van der Waals surface area contributed by atoms with Gasteiger partial charge in [0.25, 0.3) is 0 Å². The monoisotopic (exact) mass is 269 g/mol. The molecule has 1 aliphatic heterocycles. The first-order valence-corrected chi connectivity index (χ1v) is 6.49. The summed E-state index contributed by atoms with van der Waals surface area (Å²) in [7, 11) is 0. The fraction of sp³-hybridized carbons (Fsp3) is 0.200. The van der Waals surface area contributed by atoms with Crippen LogP contribution in [0.15, 0.2) is 42.5 Å². The maximum Gasteiger partial charge on any atom is 0.315 e. The third kappa shape index (κ3) is 1.79. The summed E-state index contributed by atoms with van der Waals surface area (Å²) in [4.78, 5) is 12.9. The van der Waals surface area contributed by atoms with E-state index >= 15 is 0 Å². The fourth-order valence-electron chi connectivity index (χ4n) is 2.87. The molecule has 0 radical (unpaired) electrons. The van der Waals surface area contributed by atoms with Gasteiger partial charge in [-0.05, 0) is 37.1 Å². The second-order valence-corrected chi connectivity index (χ2v) is 5.02. The standard InChI is InChI=1S/C15H15N3O2/c1-10-9-11-5-2-3-7-13(11)17(10)14-8-4-6-12(16)15(14)18(19)20/h2-8,10H,9,16H2,1H3. The van der Waals surface area contributed by atoms with Crippen LogP contribution >= 0.6 is 0 Å². The molecule has 1 unspecified atom stereocenters.